The van der Waals surface area contributed by atoms with Gasteiger partial charge in [0.25, 0.3) is 0 Å². The molecule has 1 aliphatic heterocycles. The van der Waals surface area contributed by atoms with Crippen molar-refractivity contribution < 1.29 is 17.6 Å². The van der Waals surface area contributed by atoms with Crippen molar-refractivity contribution in [3.8, 4) is 0 Å². The summed E-state index contributed by atoms with van der Waals surface area (Å²) in [6.45, 7) is 0. The Bertz CT molecular complexity index is 809. The minimum absolute atomic E-state index is 0.0119. The van der Waals surface area contributed by atoms with Gasteiger partial charge in [-0.25, -0.2) is 4.39 Å². The third-order valence-corrected chi connectivity index (χ3v) is 4.93. The Morgan fingerprint density at radius 3 is 2.54 bits per heavy atom. The van der Waals surface area contributed by atoms with Crippen LogP contribution in [0.2, 0.25) is 0 Å². The number of benzene rings is 2. The van der Waals surface area contributed by atoms with Crippen LogP contribution in [-0.2, 0) is 6.18 Å². The maximum absolute atomic E-state index is 14.2. The van der Waals surface area contributed by atoms with Gasteiger partial charge in [0, 0.05) is 17.2 Å². The van der Waals surface area contributed by atoms with Gasteiger partial charge in [-0.05, 0) is 42.2 Å². The van der Waals surface area contributed by atoms with Gasteiger partial charge >= 0.3 is 6.18 Å². The molecule has 0 aromatic heterocycles. The molecule has 1 N–H and O–H groups in total. The number of alkyl halides is 3. The molecule has 0 spiro atoms. The zero-order valence-corrected chi connectivity index (χ0v) is 12.6. The number of allylic oxidation sites excluding steroid dienone is 2. The predicted molar refractivity (Wildman–Crippen MR) is 84.2 cm³/mol. The number of nitrogens with one attached hydrogen (secondary N) is 1. The third-order valence-electron chi connectivity index (χ3n) is 4.93. The zero-order chi connectivity index (χ0) is 16.9. The quantitative estimate of drug-likeness (QED) is 0.524. The maximum Gasteiger partial charge on any atom is 0.416 e. The highest BCUT2D eigenvalue weighted by atomic mass is 19.4. The first kappa shape index (κ1) is 15.2. The standard InChI is InChI=1S/C19H15F4N/c20-16-7-2-1-4-14(16)18-13-6-3-5-12(13)15-10-11(19(21,22)23)8-9-17(15)24-18/h1-5,7-10,12-13,18,24H,6H2/t12-,13+,18+/m0/s1. The Morgan fingerprint density at radius 2 is 1.79 bits per heavy atom. The molecule has 2 aromatic rings. The van der Waals surface area contributed by atoms with Gasteiger partial charge in [-0.2, -0.15) is 13.2 Å². The van der Waals surface area contributed by atoms with Crippen LogP contribution in [0.4, 0.5) is 23.2 Å². The number of fused-ring (bicyclic) bond motifs is 3. The summed E-state index contributed by atoms with van der Waals surface area (Å²) in [7, 11) is 0. The average molecular weight is 333 g/mol. The normalized spacial score (nSPS) is 25.1. The first-order valence-electron chi connectivity index (χ1n) is 7.84. The molecule has 3 atom stereocenters. The van der Waals surface area contributed by atoms with Gasteiger partial charge in [-0.15, -0.1) is 0 Å². The third kappa shape index (κ3) is 2.39. The van der Waals surface area contributed by atoms with Gasteiger partial charge in [0.1, 0.15) is 5.82 Å². The van der Waals surface area contributed by atoms with Crippen LogP contribution in [0, 0.1) is 11.7 Å². The van der Waals surface area contributed by atoms with Crippen LogP contribution in [0.15, 0.2) is 54.6 Å². The smallest absolute Gasteiger partial charge is 0.378 e. The lowest BCUT2D eigenvalue weighted by Gasteiger charge is -2.38. The molecule has 1 heterocycles. The summed E-state index contributed by atoms with van der Waals surface area (Å²) in [5.41, 5.74) is 1.19. The van der Waals surface area contributed by atoms with Gasteiger partial charge in [0.15, 0.2) is 0 Å². The van der Waals surface area contributed by atoms with Crippen molar-refractivity contribution in [2.75, 3.05) is 5.32 Å². The summed E-state index contributed by atoms with van der Waals surface area (Å²) < 4.78 is 53.2. The Morgan fingerprint density at radius 1 is 1.00 bits per heavy atom. The molecular weight excluding hydrogens is 318 g/mol. The van der Waals surface area contributed by atoms with Crippen LogP contribution < -0.4 is 5.32 Å². The van der Waals surface area contributed by atoms with E-state index in [0.717, 1.165) is 6.07 Å². The first-order chi connectivity index (χ1) is 11.4. The SMILES string of the molecule is Fc1ccccc1[C@@H]1Nc2ccc(C(F)(F)F)cc2[C@H]2C=CC[C@H]21. The van der Waals surface area contributed by atoms with E-state index in [1.807, 2.05) is 12.2 Å². The van der Waals surface area contributed by atoms with E-state index < -0.39 is 11.7 Å². The molecule has 4 rings (SSSR count). The molecule has 0 radical (unpaired) electrons. The molecule has 24 heavy (non-hydrogen) atoms. The van der Waals surface area contributed by atoms with Crippen LogP contribution in [0.1, 0.15) is 35.1 Å². The summed E-state index contributed by atoms with van der Waals surface area (Å²) in [6, 6.07) is 10.0. The summed E-state index contributed by atoms with van der Waals surface area (Å²) in [5.74, 6) is -0.415. The van der Waals surface area contributed by atoms with Crippen LogP contribution >= 0.6 is 0 Å². The fourth-order valence-electron chi connectivity index (χ4n) is 3.81. The highest BCUT2D eigenvalue weighted by molar-refractivity contribution is 5.61. The molecule has 0 saturated carbocycles. The fraction of sp³-hybridized carbons (Fsp3) is 0.263. The van der Waals surface area contributed by atoms with Crippen LogP contribution in [0.5, 0.6) is 0 Å². The Labute approximate surface area is 137 Å². The lowest BCUT2D eigenvalue weighted by atomic mass is 9.76. The molecule has 1 nitrogen and oxygen atoms in total. The van der Waals surface area contributed by atoms with Crippen LogP contribution in [0.3, 0.4) is 0 Å². The molecular formula is C19H15F4N. The zero-order valence-electron chi connectivity index (χ0n) is 12.6. The van der Waals surface area contributed by atoms with Gasteiger partial charge in [0.2, 0.25) is 0 Å². The molecule has 0 amide bonds. The van der Waals surface area contributed by atoms with Gasteiger partial charge < -0.3 is 5.32 Å². The number of hydrogen-bond acceptors (Lipinski definition) is 1. The van der Waals surface area contributed by atoms with E-state index in [-0.39, 0.29) is 23.7 Å². The maximum atomic E-state index is 14.2. The molecule has 1 aliphatic carbocycles. The molecule has 124 valence electrons. The van der Waals surface area contributed by atoms with Crippen molar-refractivity contribution in [2.24, 2.45) is 5.92 Å². The Hall–Kier alpha value is -2.30. The highest BCUT2D eigenvalue weighted by Crippen LogP contribution is 2.51. The Balaban J connectivity index is 1.79. The predicted octanol–water partition coefficient (Wildman–Crippen LogP) is 5.67. The van der Waals surface area contributed by atoms with E-state index >= 15 is 0 Å². The molecule has 0 unspecified atom stereocenters. The van der Waals surface area contributed by atoms with Gasteiger partial charge in [-0.3, -0.25) is 0 Å². The summed E-state index contributed by atoms with van der Waals surface area (Å²) in [5, 5.41) is 3.26. The summed E-state index contributed by atoms with van der Waals surface area (Å²) >= 11 is 0. The fourth-order valence-corrected chi connectivity index (χ4v) is 3.81. The van der Waals surface area contributed by atoms with Crippen molar-refractivity contribution in [1.82, 2.24) is 0 Å². The van der Waals surface area contributed by atoms with Crippen molar-refractivity contribution in [3.63, 3.8) is 0 Å². The molecule has 0 fully saturated rings. The number of hydrogen-bond donors (Lipinski definition) is 1. The highest BCUT2D eigenvalue weighted by Gasteiger charge is 2.40. The lowest BCUT2D eigenvalue weighted by Crippen LogP contribution is -2.30. The summed E-state index contributed by atoms with van der Waals surface area (Å²) in [6.07, 6.45) is 0.264. The van der Waals surface area contributed by atoms with Gasteiger partial charge in [0.05, 0.1) is 11.6 Å². The van der Waals surface area contributed by atoms with Crippen molar-refractivity contribution in [2.45, 2.75) is 24.6 Å². The second-order valence-corrected chi connectivity index (χ2v) is 6.30. The average Bonchev–Trinajstić information content (AvgIpc) is 3.03. The topological polar surface area (TPSA) is 12.0 Å². The van der Waals surface area contributed by atoms with Gasteiger partial charge in [-0.1, -0.05) is 30.4 Å². The first-order valence-corrected chi connectivity index (χ1v) is 7.84. The minimum Gasteiger partial charge on any atom is -0.378 e. The van der Waals surface area contributed by atoms with Crippen LogP contribution in [0.25, 0.3) is 0 Å². The van der Waals surface area contributed by atoms with Crippen molar-refractivity contribution >= 4 is 5.69 Å². The Kier molecular flexibility index (Phi) is 3.41. The van der Waals surface area contributed by atoms with Crippen molar-refractivity contribution in [1.29, 1.82) is 0 Å². The van der Waals surface area contributed by atoms with E-state index in [0.29, 0.717) is 23.2 Å². The van der Waals surface area contributed by atoms with E-state index in [1.165, 1.54) is 18.2 Å². The minimum atomic E-state index is -4.37. The van der Waals surface area contributed by atoms with Crippen LogP contribution in [-0.4, -0.2) is 0 Å². The van der Waals surface area contributed by atoms with E-state index in [9.17, 15) is 17.6 Å². The van der Waals surface area contributed by atoms with Crippen molar-refractivity contribution in [3.05, 3.63) is 77.1 Å². The largest absolute Gasteiger partial charge is 0.416 e. The summed E-state index contributed by atoms with van der Waals surface area (Å²) in [4.78, 5) is 0. The van der Waals surface area contributed by atoms with E-state index in [1.54, 1.807) is 18.2 Å². The molecule has 5 heteroatoms. The number of halogens is 4. The van der Waals surface area contributed by atoms with E-state index in [4.69, 9.17) is 0 Å². The lowest BCUT2D eigenvalue weighted by molar-refractivity contribution is -0.137. The molecule has 0 saturated heterocycles. The number of rotatable bonds is 1. The molecule has 2 aromatic carbocycles. The number of anilines is 1. The second kappa shape index (κ2) is 5.36. The monoisotopic (exact) mass is 333 g/mol. The van der Waals surface area contributed by atoms with E-state index in [2.05, 4.69) is 5.32 Å². The second-order valence-electron chi connectivity index (χ2n) is 6.30. The molecule has 2 aliphatic rings. The molecule has 0 bridgehead atoms.